The Kier molecular flexibility index (Phi) is 4.15. The molecule has 2 N–H and O–H groups in total. The highest BCUT2D eigenvalue weighted by Crippen LogP contribution is 2.36. The number of para-hydroxylation sites is 1. The Labute approximate surface area is 146 Å². The summed E-state index contributed by atoms with van der Waals surface area (Å²) in [5.41, 5.74) is 3.76. The molecule has 1 aliphatic rings. The van der Waals surface area contributed by atoms with E-state index in [4.69, 9.17) is 0 Å². The third-order valence-corrected chi connectivity index (χ3v) is 5.79. The molecular formula is C20H22N2OS. The number of aryl methyl sites for hydroxylation is 1. The van der Waals surface area contributed by atoms with Gasteiger partial charge in [0.05, 0.1) is 0 Å². The number of rotatable bonds is 6. The Morgan fingerprint density at radius 3 is 2.92 bits per heavy atom. The van der Waals surface area contributed by atoms with E-state index >= 15 is 0 Å². The first-order valence-corrected chi connectivity index (χ1v) is 9.56. The van der Waals surface area contributed by atoms with Crippen molar-refractivity contribution in [3.8, 4) is 0 Å². The van der Waals surface area contributed by atoms with Crippen LogP contribution >= 0.6 is 11.3 Å². The van der Waals surface area contributed by atoms with Gasteiger partial charge in [-0.1, -0.05) is 31.2 Å². The first-order valence-electron chi connectivity index (χ1n) is 8.68. The van der Waals surface area contributed by atoms with Gasteiger partial charge in [0.2, 0.25) is 5.91 Å². The van der Waals surface area contributed by atoms with Crippen LogP contribution in [0.4, 0.5) is 0 Å². The molecule has 0 radical (unpaired) electrons. The fraction of sp³-hybridized carbons (Fsp3) is 0.350. The van der Waals surface area contributed by atoms with Gasteiger partial charge in [0.25, 0.3) is 0 Å². The number of fused-ring (bicyclic) bond motifs is 1. The minimum absolute atomic E-state index is 0.115. The molecule has 1 atom stereocenters. The summed E-state index contributed by atoms with van der Waals surface area (Å²) in [5, 5.41) is 6.47. The van der Waals surface area contributed by atoms with Crippen molar-refractivity contribution in [3.05, 3.63) is 57.9 Å². The van der Waals surface area contributed by atoms with Crippen LogP contribution < -0.4 is 5.32 Å². The number of hydrogen-bond acceptors (Lipinski definition) is 2. The van der Waals surface area contributed by atoms with Crippen LogP contribution in [-0.4, -0.2) is 16.9 Å². The molecule has 0 bridgehead atoms. The third-order valence-electron chi connectivity index (χ3n) is 4.81. The smallest absolute Gasteiger partial charge is 0.221 e. The summed E-state index contributed by atoms with van der Waals surface area (Å²) in [6.45, 7) is 2.18. The first kappa shape index (κ1) is 15.5. The van der Waals surface area contributed by atoms with E-state index in [1.165, 1.54) is 26.9 Å². The number of aromatic nitrogens is 1. The predicted molar refractivity (Wildman–Crippen MR) is 99.6 cm³/mol. The zero-order chi connectivity index (χ0) is 16.5. The molecular weight excluding hydrogens is 316 g/mol. The number of carbonyl (C=O) groups is 1. The SMILES string of the molecule is CCc1cccc2c(C(CC(=O)NC3CC3)c3cccs3)c[nH]c12. The molecule has 2 aromatic heterocycles. The first-order chi connectivity index (χ1) is 11.8. The predicted octanol–water partition coefficient (Wildman–Crippen LogP) is 4.59. The van der Waals surface area contributed by atoms with Gasteiger partial charge in [-0.3, -0.25) is 4.79 Å². The molecule has 1 unspecified atom stereocenters. The Morgan fingerprint density at radius 2 is 2.21 bits per heavy atom. The molecule has 1 fully saturated rings. The summed E-state index contributed by atoms with van der Waals surface area (Å²) < 4.78 is 0. The molecule has 2 heterocycles. The molecule has 4 heteroatoms. The molecule has 4 rings (SSSR count). The van der Waals surface area contributed by atoms with Crippen LogP contribution in [0.5, 0.6) is 0 Å². The monoisotopic (exact) mass is 338 g/mol. The molecule has 0 aliphatic heterocycles. The summed E-state index contributed by atoms with van der Waals surface area (Å²) >= 11 is 1.73. The fourth-order valence-corrected chi connectivity index (χ4v) is 4.22. The standard InChI is InChI=1S/C20H22N2OS/c1-2-13-5-3-6-15-17(12-21-20(13)15)16(18-7-4-10-24-18)11-19(23)22-14-8-9-14/h3-7,10,12,14,16,21H,2,8-9,11H2,1H3,(H,22,23). The van der Waals surface area contributed by atoms with Crippen molar-refractivity contribution >= 4 is 28.1 Å². The lowest BCUT2D eigenvalue weighted by atomic mass is 9.92. The normalized spacial score (nSPS) is 15.5. The van der Waals surface area contributed by atoms with Crippen molar-refractivity contribution in [2.24, 2.45) is 0 Å². The van der Waals surface area contributed by atoms with Gasteiger partial charge in [-0.15, -0.1) is 11.3 Å². The molecule has 1 amide bonds. The van der Waals surface area contributed by atoms with Crippen LogP contribution in [0, 0.1) is 0 Å². The van der Waals surface area contributed by atoms with Gasteiger partial charge in [-0.05, 0) is 41.8 Å². The van der Waals surface area contributed by atoms with E-state index in [0.29, 0.717) is 12.5 Å². The van der Waals surface area contributed by atoms with E-state index in [9.17, 15) is 4.79 Å². The Balaban J connectivity index is 1.71. The number of thiophene rings is 1. The molecule has 0 saturated heterocycles. The van der Waals surface area contributed by atoms with Gasteiger partial charge in [0.1, 0.15) is 0 Å². The third kappa shape index (κ3) is 2.98. The summed E-state index contributed by atoms with van der Waals surface area (Å²) in [6.07, 6.45) is 5.87. The average molecular weight is 338 g/mol. The van der Waals surface area contributed by atoms with Gasteiger partial charge in [-0.2, -0.15) is 0 Å². The Morgan fingerprint density at radius 1 is 1.33 bits per heavy atom. The van der Waals surface area contributed by atoms with Crippen LogP contribution in [0.25, 0.3) is 10.9 Å². The number of amides is 1. The lowest BCUT2D eigenvalue weighted by Gasteiger charge is -2.15. The van der Waals surface area contributed by atoms with E-state index < -0.39 is 0 Å². The minimum atomic E-state index is 0.115. The number of H-pyrrole nitrogens is 1. The van der Waals surface area contributed by atoms with Crippen LogP contribution in [0.1, 0.15) is 48.1 Å². The lowest BCUT2D eigenvalue weighted by molar-refractivity contribution is -0.121. The molecule has 1 saturated carbocycles. The summed E-state index contributed by atoms with van der Waals surface area (Å²) in [6, 6.07) is 11.1. The summed E-state index contributed by atoms with van der Waals surface area (Å²) in [7, 11) is 0. The van der Waals surface area contributed by atoms with Gasteiger partial charge in [-0.25, -0.2) is 0 Å². The fourth-order valence-electron chi connectivity index (χ4n) is 3.37. The van der Waals surface area contributed by atoms with Crippen LogP contribution in [0.3, 0.4) is 0 Å². The second-order valence-corrected chi connectivity index (χ2v) is 7.53. The molecule has 1 aliphatic carbocycles. The van der Waals surface area contributed by atoms with E-state index in [0.717, 1.165) is 19.3 Å². The summed E-state index contributed by atoms with van der Waals surface area (Å²) in [5.74, 6) is 0.279. The number of hydrogen-bond donors (Lipinski definition) is 2. The van der Waals surface area contributed by atoms with E-state index in [-0.39, 0.29) is 11.8 Å². The van der Waals surface area contributed by atoms with E-state index in [1.54, 1.807) is 11.3 Å². The highest BCUT2D eigenvalue weighted by atomic mass is 32.1. The second-order valence-electron chi connectivity index (χ2n) is 6.55. The second kappa shape index (κ2) is 6.44. The average Bonchev–Trinajstić information content (AvgIpc) is 3.09. The number of carbonyl (C=O) groups excluding carboxylic acids is 1. The molecule has 124 valence electrons. The largest absolute Gasteiger partial charge is 0.361 e. The van der Waals surface area contributed by atoms with Crippen molar-refractivity contribution in [3.63, 3.8) is 0 Å². The number of nitrogens with one attached hydrogen (secondary N) is 2. The summed E-state index contributed by atoms with van der Waals surface area (Å²) in [4.78, 5) is 17.1. The highest BCUT2D eigenvalue weighted by molar-refractivity contribution is 7.10. The van der Waals surface area contributed by atoms with Crippen molar-refractivity contribution in [2.75, 3.05) is 0 Å². The van der Waals surface area contributed by atoms with Crippen molar-refractivity contribution < 1.29 is 4.79 Å². The molecule has 3 nitrogen and oxygen atoms in total. The van der Waals surface area contributed by atoms with Crippen molar-refractivity contribution in [1.82, 2.24) is 10.3 Å². The maximum absolute atomic E-state index is 12.4. The number of benzene rings is 1. The molecule has 3 aromatic rings. The molecule has 0 spiro atoms. The molecule has 1 aromatic carbocycles. The van der Waals surface area contributed by atoms with Crippen LogP contribution in [-0.2, 0) is 11.2 Å². The van der Waals surface area contributed by atoms with Crippen LogP contribution in [0.15, 0.2) is 41.9 Å². The van der Waals surface area contributed by atoms with E-state index in [2.05, 4.69) is 59.1 Å². The topological polar surface area (TPSA) is 44.9 Å². The highest BCUT2D eigenvalue weighted by Gasteiger charge is 2.27. The molecule has 24 heavy (non-hydrogen) atoms. The van der Waals surface area contributed by atoms with E-state index in [1.807, 2.05) is 0 Å². The van der Waals surface area contributed by atoms with Gasteiger partial charge in [0, 0.05) is 40.4 Å². The maximum atomic E-state index is 12.4. The Hall–Kier alpha value is -2.07. The van der Waals surface area contributed by atoms with Crippen LogP contribution in [0.2, 0.25) is 0 Å². The lowest BCUT2D eigenvalue weighted by Crippen LogP contribution is -2.27. The maximum Gasteiger partial charge on any atom is 0.221 e. The van der Waals surface area contributed by atoms with Gasteiger partial charge >= 0.3 is 0 Å². The minimum Gasteiger partial charge on any atom is -0.361 e. The van der Waals surface area contributed by atoms with Crippen molar-refractivity contribution in [2.45, 2.75) is 44.6 Å². The quantitative estimate of drug-likeness (QED) is 0.678. The van der Waals surface area contributed by atoms with Gasteiger partial charge < -0.3 is 10.3 Å². The van der Waals surface area contributed by atoms with Gasteiger partial charge in [0.15, 0.2) is 0 Å². The zero-order valence-corrected chi connectivity index (χ0v) is 14.7. The van der Waals surface area contributed by atoms with Crippen molar-refractivity contribution in [1.29, 1.82) is 0 Å². The number of aromatic amines is 1. The zero-order valence-electron chi connectivity index (χ0n) is 13.8. The Bertz CT molecular complexity index is 846.